The summed E-state index contributed by atoms with van der Waals surface area (Å²) < 4.78 is 28.5. The maximum absolute atomic E-state index is 13.2. The van der Waals surface area contributed by atoms with Gasteiger partial charge in [-0.25, -0.2) is 0 Å². The summed E-state index contributed by atoms with van der Waals surface area (Å²) in [5.41, 5.74) is -0.161. The van der Waals surface area contributed by atoms with E-state index in [-0.39, 0.29) is 36.3 Å². The van der Waals surface area contributed by atoms with Crippen LogP contribution in [0.15, 0.2) is 0 Å². The second kappa shape index (κ2) is 12.7. The van der Waals surface area contributed by atoms with Crippen molar-refractivity contribution in [3.8, 4) is 0 Å². The predicted molar refractivity (Wildman–Crippen MR) is 139 cm³/mol. The Morgan fingerprint density at radius 2 is 1.73 bits per heavy atom. The van der Waals surface area contributed by atoms with E-state index >= 15 is 0 Å². The average molecular weight is 526 g/mol. The molecule has 0 spiro atoms. The fraction of sp³-hybridized carbons (Fsp3) is 0.923. The highest BCUT2D eigenvalue weighted by atomic mass is 16.7. The highest BCUT2D eigenvalue weighted by Crippen LogP contribution is 2.65. The SMILES string of the molecule is COCCOCCOCC(=O)N[C@H](C(=O)N[C@@H](CC(C)C)B1O[C@@H]2C[C@@H]3C[C@@H](C3(C)C)[C@]2(C)O1)[C@@H](C)O. The lowest BCUT2D eigenvalue weighted by Gasteiger charge is -2.64. The van der Waals surface area contributed by atoms with Crippen LogP contribution < -0.4 is 10.6 Å². The third kappa shape index (κ3) is 7.05. The number of rotatable bonds is 15. The van der Waals surface area contributed by atoms with Crippen LogP contribution >= 0.6 is 0 Å². The molecule has 4 fully saturated rings. The van der Waals surface area contributed by atoms with Gasteiger partial charge in [-0.15, -0.1) is 0 Å². The summed E-state index contributed by atoms with van der Waals surface area (Å²) in [6, 6.07) is -1.13. The number of methoxy groups -OCH3 is 1. The Bertz CT molecular complexity index is 782. The molecule has 3 saturated carbocycles. The Morgan fingerprint density at radius 3 is 2.35 bits per heavy atom. The molecular formula is C26H47BN2O8. The molecule has 1 heterocycles. The van der Waals surface area contributed by atoms with Crippen LogP contribution in [0.5, 0.6) is 0 Å². The van der Waals surface area contributed by atoms with Gasteiger partial charge < -0.3 is 39.3 Å². The minimum atomic E-state index is -1.13. The van der Waals surface area contributed by atoms with Crippen LogP contribution in [0.2, 0.25) is 0 Å². The molecule has 4 aliphatic rings. The van der Waals surface area contributed by atoms with Gasteiger partial charge in [-0.3, -0.25) is 9.59 Å². The first-order valence-corrected chi connectivity index (χ1v) is 13.7. The molecular weight excluding hydrogens is 479 g/mol. The molecule has 10 nitrogen and oxygen atoms in total. The molecule has 2 amide bonds. The van der Waals surface area contributed by atoms with Crippen LogP contribution in [0, 0.1) is 23.2 Å². The summed E-state index contributed by atoms with van der Waals surface area (Å²) >= 11 is 0. The van der Waals surface area contributed by atoms with E-state index in [1.54, 1.807) is 7.11 Å². The number of aliphatic hydroxyl groups excluding tert-OH is 1. The van der Waals surface area contributed by atoms with Gasteiger partial charge in [-0.1, -0.05) is 27.7 Å². The summed E-state index contributed by atoms with van der Waals surface area (Å²) in [5.74, 6) is -0.0592. The van der Waals surface area contributed by atoms with Gasteiger partial charge in [0.2, 0.25) is 11.8 Å². The molecule has 4 rings (SSSR count). The molecule has 2 bridgehead atoms. The minimum Gasteiger partial charge on any atom is -0.404 e. The van der Waals surface area contributed by atoms with Crippen LogP contribution in [0.4, 0.5) is 0 Å². The zero-order valence-electron chi connectivity index (χ0n) is 23.6. The number of ether oxygens (including phenoxy) is 3. The topological polar surface area (TPSA) is 125 Å². The van der Waals surface area contributed by atoms with Crippen LogP contribution in [0.3, 0.4) is 0 Å². The van der Waals surface area contributed by atoms with E-state index in [1.807, 2.05) is 0 Å². The quantitative estimate of drug-likeness (QED) is 0.216. The zero-order valence-corrected chi connectivity index (χ0v) is 23.6. The van der Waals surface area contributed by atoms with E-state index in [1.165, 1.54) is 6.92 Å². The molecule has 37 heavy (non-hydrogen) atoms. The van der Waals surface area contributed by atoms with Crippen molar-refractivity contribution in [2.75, 3.05) is 40.1 Å². The minimum absolute atomic E-state index is 0.00345. The molecule has 0 aromatic carbocycles. The van der Waals surface area contributed by atoms with Crippen molar-refractivity contribution in [1.82, 2.24) is 10.6 Å². The summed E-state index contributed by atoms with van der Waals surface area (Å²) in [7, 11) is 1.01. The van der Waals surface area contributed by atoms with Crippen molar-refractivity contribution in [2.45, 2.75) is 90.6 Å². The normalized spacial score (nSPS) is 30.3. The number of carbonyl (C=O) groups excluding carboxylic acids is 2. The van der Waals surface area contributed by atoms with Crippen molar-refractivity contribution in [2.24, 2.45) is 23.2 Å². The fourth-order valence-corrected chi connectivity index (χ4v) is 6.24. The van der Waals surface area contributed by atoms with Crippen molar-refractivity contribution in [1.29, 1.82) is 0 Å². The molecule has 3 N–H and O–H groups in total. The number of aliphatic hydroxyl groups is 1. The van der Waals surface area contributed by atoms with Gasteiger partial charge >= 0.3 is 7.12 Å². The van der Waals surface area contributed by atoms with Crippen molar-refractivity contribution < 1.29 is 38.2 Å². The third-order valence-corrected chi connectivity index (χ3v) is 8.47. The van der Waals surface area contributed by atoms with Gasteiger partial charge in [0.15, 0.2) is 0 Å². The summed E-state index contributed by atoms with van der Waals surface area (Å²) in [6.07, 6.45) is 1.66. The van der Waals surface area contributed by atoms with E-state index < -0.39 is 37.0 Å². The lowest BCUT2D eigenvalue weighted by Crippen LogP contribution is -2.65. The summed E-state index contributed by atoms with van der Waals surface area (Å²) in [4.78, 5) is 25.6. The second-order valence-corrected chi connectivity index (χ2v) is 12.0. The number of hydrogen-bond donors (Lipinski definition) is 3. The molecule has 212 valence electrons. The maximum Gasteiger partial charge on any atom is 0.481 e. The predicted octanol–water partition coefficient (Wildman–Crippen LogP) is 1.33. The largest absolute Gasteiger partial charge is 0.481 e. The highest BCUT2D eigenvalue weighted by molar-refractivity contribution is 6.48. The molecule has 1 aliphatic heterocycles. The Balaban J connectivity index is 1.55. The van der Waals surface area contributed by atoms with Gasteiger partial charge in [-0.05, 0) is 56.3 Å². The van der Waals surface area contributed by atoms with Crippen molar-refractivity contribution in [3.05, 3.63) is 0 Å². The Hall–Kier alpha value is -1.24. The van der Waals surface area contributed by atoms with Gasteiger partial charge in [0.25, 0.3) is 0 Å². The average Bonchev–Trinajstić information content (AvgIpc) is 3.18. The number of nitrogens with one attached hydrogen (secondary N) is 2. The Morgan fingerprint density at radius 1 is 1.05 bits per heavy atom. The van der Waals surface area contributed by atoms with E-state index in [9.17, 15) is 14.7 Å². The van der Waals surface area contributed by atoms with E-state index in [2.05, 4.69) is 45.3 Å². The van der Waals surface area contributed by atoms with Crippen LogP contribution in [-0.4, -0.2) is 94.0 Å². The van der Waals surface area contributed by atoms with E-state index in [0.717, 1.165) is 12.8 Å². The standard InChI is InChI=1S/C26H47BN2O8/c1-16(2)12-21(27-36-20-14-18-13-19(25(18,4)5)26(20,6)37-27)28-24(32)23(17(3)30)29-22(31)15-35-11-10-34-9-8-33-7/h16-21,23,30H,8-15H2,1-7H3,(H,28,32)(H,29,31)/t17-,18+,19+,20-,21+,23+,26+/m1/s1. The first-order valence-electron chi connectivity index (χ1n) is 13.7. The first kappa shape index (κ1) is 30.3. The maximum atomic E-state index is 13.2. The lowest BCUT2D eigenvalue weighted by atomic mass is 9.43. The second-order valence-electron chi connectivity index (χ2n) is 12.0. The number of amides is 2. The van der Waals surface area contributed by atoms with E-state index in [4.69, 9.17) is 23.5 Å². The molecule has 0 aromatic rings. The molecule has 7 atom stereocenters. The van der Waals surface area contributed by atoms with E-state index in [0.29, 0.717) is 38.1 Å². The fourth-order valence-electron chi connectivity index (χ4n) is 6.24. The van der Waals surface area contributed by atoms with Gasteiger partial charge in [0, 0.05) is 7.11 Å². The van der Waals surface area contributed by atoms with Crippen LogP contribution in [-0.2, 0) is 33.1 Å². The third-order valence-electron chi connectivity index (χ3n) is 8.47. The molecule has 3 aliphatic carbocycles. The number of carbonyl (C=O) groups is 2. The first-order chi connectivity index (χ1) is 17.4. The molecule has 0 radical (unpaired) electrons. The Kier molecular flexibility index (Phi) is 10.4. The smallest absolute Gasteiger partial charge is 0.404 e. The van der Waals surface area contributed by atoms with Crippen LogP contribution in [0.25, 0.3) is 0 Å². The van der Waals surface area contributed by atoms with Gasteiger partial charge in [0.05, 0.1) is 50.2 Å². The zero-order chi connectivity index (χ0) is 27.4. The monoisotopic (exact) mass is 526 g/mol. The van der Waals surface area contributed by atoms with Gasteiger partial charge in [0.1, 0.15) is 12.6 Å². The van der Waals surface area contributed by atoms with Crippen molar-refractivity contribution >= 4 is 18.9 Å². The molecule has 1 saturated heterocycles. The van der Waals surface area contributed by atoms with Crippen LogP contribution in [0.1, 0.15) is 60.8 Å². The Labute approximate surface area is 222 Å². The lowest BCUT2D eigenvalue weighted by molar-refractivity contribution is -0.199. The molecule has 0 aromatic heterocycles. The summed E-state index contributed by atoms with van der Waals surface area (Å²) in [6.45, 7) is 13.6. The highest BCUT2D eigenvalue weighted by Gasteiger charge is 2.68. The van der Waals surface area contributed by atoms with Crippen molar-refractivity contribution in [3.63, 3.8) is 0 Å². The van der Waals surface area contributed by atoms with Gasteiger partial charge in [-0.2, -0.15) is 0 Å². The molecule has 11 heteroatoms. The molecule has 0 unspecified atom stereocenters. The summed E-state index contributed by atoms with van der Waals surface area (Å²) in [5, 5.41) is 15.9. The number of hydrogen-bond acceptors (Lipinski definition) is 8.